The van der Waals surface area contributed by atoms with Gasteiger partial charge >= 0.3 is 0 Å². The number of hydrogen-bond donors (Lipinski definition) is 0. The van der Waals surface area contributed by atoms with Crippen molar-refractivity contribution in [1.82, 2.24) is 20.0 Å². The highest BCUT2D eigenvalue weighted by Gasteiger charge is 2.28. The van der Waals surface area contributed by atoms with Crippen LogP contribution in [0.25, 0.3) is 0 Å². The maximum atomic E-state index is 12.5. The molecule has 8 nitrogen and oxygen atoms in total. The number of aryl methyl sites for hydroxylation is 2. The van der Waals surface area contributed by atoms with E-state index >= 15 is 0 Å². The first-order valence-corrected chi connectivity index (χ1v) is 8.79. The van der Waals surface area contributed by atoms with Crippen molar-refractivity contribution in [2.45, 2.75) is 39.2 Å². The van der Waals surface area contributed by atoms with E-state index < -0.39 is 0 Å². The van der Waals surface area contributed by atoms with Crippen LogP contribution in [0.2, 0.25) is 0 Å². The molecule has 0 saturated carbocycles. The molecule has 8 heteroatoms. The molecule has 140 valence electrons. The van der Waals surface area contributed by atoms with Crippen molar-refractivity contribution in [1.29, 1.82) is 0 Å². The predicted octanol–water partition coefficient (Wildman–Crippen LogP) is 1.76. The first-order valence-electron chi connectivity index (χ1n) is 8.79. The molecule has 1 aliphatic heterocycles. The molecule has 1 atom stereocenters. The van der Waals surface area contributed by atoms with E-state index in [2.05, 4.69) is 15.1 Å². The van der Waals surface area contributed by atoms with Crippen LogP contribution in [0.5, 0.6) is 5.88 Å². The molecule has 0 radical (unpaired) electrons. The molecule has 0 bridgehead atoms. The van der Waals surface area contributed by atoms with Gasteiger partial charge in [-0.2, -0.15) is 4.98 Å². The lowest BCUT2D eigenvalue weighted by atomic mass is 10.1. The van der Waals surface area contributed by atoms with Crippen LogP contribution in [-0.4, -0.2) is 59.2 Å². The molecule has 1 fully saturated rings. The third-order valence-corrected chi connectivity index (χ3v) is 4.61. The lowest BCUT2D eigenvalue weighted by Crippen LogP contribution is -2.31. The molecule has 0 spiro atoms. The van der Waals surface area contributed by atoms with Crippen molar-refractivity contribution in [3.8, 4) is 5.88 Å². The highest BCUT2D eigenvalue weighted by atomic mass is 16.5. The Kier molecular flexibility index (Phi) is 5.39. The minimum absolute atomic E-state index is 0.0512. The zero-order valence-corrected chi connectivity index (χ0v) is 15.7. The molecular weight excluding hydrogens is 334 g/mol. The van der Waals surface area contributed by atoms with Crippen LogP contribution in [0, 0.1) is 13.8 Å². The first kappa shape index (κ1) is 18.2. The molecule has 0 unspecified atom stereocenters. The highest BCUT2D eigenvalue weighted by molar-refractivity contribution is 5.76. The number of hydrogen-bond acceptors (Lipinski definition) is 7. The maximum Gasteiger partial charge on any atom is 0.234 e. The molecule has 3 rings (SSSR count). The minimum atomic E-state index is -0.0512. The SMILES string of the molecule is Cc1noc(C)c1CCC(=O)N1CC[C@@H](Oc2cncc(N(C)C)n2)C1. The lowest BCUT2D eigenvalue weighted by Gasteiger charge is -2.17. The van der Waals surface area contributed by atoms with Gasteiger partial charge in [0.25, 0.3) is 0 Å². The quantitative estimate of drug-likeness (QED) is 0.777. The monoisotopic (exact) mass is 359 g/mol. The van der Waals surface area contributed by atoms with Crippen molar-refractivity contribution in [3.63, 3.8) is 0 Å². The van der Waals surface area contributed by atoms with E-state index in [0.29, 0.717) is 31.8 Å². The average molecular weight is 359 g/mol. The molecule has 2 aromatic rings. The number of carbonyl (C=O) groups is 1. The van der Waals surface area contributed by atoms with Gasteiger partial charge in [-0.15, -0.1) is 0 Å². The maximum absolute atomic E-state index is 12.5. The van der Waals surface area contributed by atoms with Gasteiger partial charge in [0.05, 0.1) is 24.6 Å². The summed E-state index contributed by atoms with van der Waals surface area (Å²) in [5.74, 6) is 2.15. The third kappa shape index (κ3) is 4.12. The molecule has 0 aliphatic carbocycles. The molecule has 1 saturated heterocycles. The summed E-state index contributed by atoms with van der Waals surface area (Å²) in [5, 5.41) is 3.93. The zero-order chi connectivity index (χ0) is 18.7. The van der Waals surface area contributed by atoms with Gasteiger partial charge in [0.1, 0.15) is 11.9 Å². The second-order valence-corrected chi connectivity index (χ2v) is 6.78. The summed E-state index contributed by atoms with van der Waals surface area (Å²) < 4.78 is 11.1. The van der Waals surface area contributed by atoms with Gasteiger partial charge in [-0.1, -0.05) is 5.16 Å². The van der Waals surface area contributed by atoms with E-state index in [1.807, 2.05) is 37.7 Å². The highest BCUT2D eigenvalue weighted by Crippen LogP contribution is 2.20. The minimum Gasteiger partial charge on any atom is -0.471 e. The zero-order valence-electron chi connectivity index (χ0n) is 15.7. The van der Waals surface area contributed by atoms with Crippen LogP contribution in [0.1, 0.15) is 29.9 Å². The Hall–Kier alpha value is -2.64. The van der Waals surface area contributed by atoms with Gasteiger partial charge in [-0.3, -0.25) is 9.78 Å². The third-order valence-electron chi connectivity index (χ3n) is 4.61. The molecular formula is C18H25N5O3. The largest absolute Gasteiger partial charge is 0.471 e. The number of amides is 1. The Bertz CT molecular complexity index is 754. The van der Waals surface area contributed by atoms with Gasteiger partial charge in [-0.05, 0) is 20.3 Å². The van der Waals surface area contributed by atoms with E-state index in [1.54, 1.807) is 12.4 Å². The fraction of sp³-hybridized carbons (Fsp3) is 0.556. The summed E-state index contributed by atoms with van der Waals surface area (Å²) >= 11 is 0. The van der Waals surface area contributed by atoms with Crippen LogP contribution < -0.4 is 9.64 Å². The van der Waals surface area contributed by atoms with E-state index in [4.69, 9.17) is 9.26 Å². The average Bonchev–Trinajstić information content (AvgIpc) is 3.20. The van der Waals surface area contributed by atoms with Gasteiger partial charge < -0.3 is 19.1 Å². The number of likely N-dealkylation sites (tertiary alicyclic amines) is 1. The standard InChI is InChI=1S/C18H25N5O3/c1-12-15(13(2)26-21-12)5-6-18(24)23-8-7-14(11-23)25-17-10-19-9-16(20-17)22(3)4/h9-10,14H,5-8,11H2,1-4H3/t14-/m1/s1. The fourth-order valence-electron chi connectivity index (χ4n) is 3.08. The van der Waals surface area contributed by atoms with Crippen molar-refractivity contribution < 1.29 is 14.1 Å². The summed E-state index contributed by atoms with van der Waals surface area (Å²) in [4.78, 5) is 24.8. The van der Waals surface area contributed by atoms with Crippen LogP contribution in [0.15, 0.2) is 16.9 Å². The molecule has 1 aliphatic rings. The van der Waals surface area contributed by atoms with Gasteiger partial charge in [-0.25, -0.2) is 0 Å². The van der Waals surface area contributed by atoms with Crippen molar-refractivity contribution in [2.24, 2.45) is 0 Å². The summed E-state index contributed by atoms with van der Waals surface area (Å²) in [6.07, 6.45) is 5.14. The second-order valence-electron chi connectivity index (χ2n) is 6.78. The number of rotatable bonds is 6. The van der Waals surface area contributed by atoms with Crippen molar-refractivity contribution in [3.05, 3.63) is 29.4 Å². The van der Waals surface area contributed by atoms with Crippen LogP contribution in [-0.2, 0) is 11.2 Å². The lowest BCUT2D eigenvalue weighted by molar-refractivity contribution is -0.130. The number of ether oxygens (including phenoxy) is 1. The summed E-state index contributed by atoms with van der Waals surface area (Å²) in [7, 11) is 3.81. The Morgan fingerprint density at radius 1 is 1.38 bits per heavy atom. The Morgan fingerprint density at radius 2 is 2.19 bits per heavy atom. The molecule has 2 aromatic heterocycles. The number of nitrogens with zero attached hydrogens (tertiary/aromatic N) is 5. The smallest absolute Gasteiger partial charge is 0.234 e. The molecule has 0 N–H and O–H groups in total. The van der Waals surface area contributed by atoms with E-state index in [-0.39, 0.29) is 12.0 Å². The summed E-state index contributed by atoms with van der Waals surface area (Å²) in [6.45, 7) is 5.06. The Balaban J connectivity index is 1.52. The molecule has 1 amide bonds. The van der Waals surface area contributed by atoms with Gasteiger partial charge in [0, 0.05) is 39.0 Å². The molecule has 3 heterocycles. The topological polar surface area (TPSA) is 84.6 Å². The van der Waals surface area contributed by atoms with Crippen molar-refractivity contribution in [2.75, 3.05) is 32.1 Å². The van der Waals surface area contributed by atoms with E-state index in [0.717, 1.165) is 29.3 Å². The Labute approximate surface area is 153 Å². The van der Waals surface area contributed by atoms with Crippen molar-refractivity contribution >= 4 is 11.7 Å². The number of carbonyl (C=O) groups excluding carboxylic acids is 1. The normalized spacial score (nSPS) is 16.8. The molecule has 26 heavy (non-hydrogen) atoms. The van der Waals surface area contributed by atoms with Crippen LogP contribution >= 0.6 is 0 Å². The van der Waals surface area contributed by atoms with E-state index in [9.17, 15) is 4.79 Å². The molecule has 0 aromatic carbocycles. The predicted molar refractivity (Wildman–Crippen MR) is 96.3 cm³/mol. The van der Waals surface area contributed by atoms with Gasteiger partial charge in [0.2, 0.25) is 11.8 Å². The number of anilines is 1. The number of aromatic nitrogens is 3. The Morgan fingerprint density at radius 3 is 2.88 bits per heavy atom. The van der Waals surface area contributed by atoms with Gasteiger partial charge in [0.15, 0.2) is 5.82 Å². The summed E-state index contributed by atoms with van der Waals surface area (Å²) in [5.41, 5.74) is 1.89. The van der Waals surface area contributed by atoms with Crippen LogP contribution in [0.4, 0.5) is 5.82 Å². The van der Waals surface area contributed by atoms with E-state index in [1.165, 1.54) is 0 Å². The second kappa shape index (κ2) is 7.72. The fourth-order valence-corrected chi connectivity index (χ4v) is 3.08. The first-order chi connectivity index (χ1) is 12.4. The summed E-state index contributed by atoms with van der Waals surface area (Å²) in [6, 6.07) is 0. The van der Waals surface area contributed by atoms with Crippen LogP contribution in [0.3, 0.4) is 0 Å².